The molecule has 2 rings (SSSR count). The van der Waals surface area contributed by atoms with Gasteiger partial charge >= 0.3 is 0 Å². The van der Waals surface area contributed by atoms with Crippen molar-refractivity contribution in [1.82, 2.24) is 24.8 Å². The lowest BCUT2D eigenvalue weighted by atomic mass is 10.2. The molecule has 0 amide bonds. The highest BCUT2D eigenvalue weighted by Gasteiger charge is 2.16. The van der Waals surface area contributed by atoms with Gasteiger partial charge < -0.3 is 5.11 Å². The molecule has 6 nitrogen and oxygen atoms in total. The van der Waals surface area contributed by atoms with Crippen LogP contribution in [-0.2, 0) is 14.1 Å². The Balaban J connectivity index is 2.33. The molecule has 74 valence electrons. The first-order chi connectivity index (χ1) is 6.68. The average molecular weight is 193 g/mol. The van der Waals surface area contributed by atoms with Gasteiger partial charge in [-0.1, -0.05) is 5.21 Å². The van der Waals surface area contributed by atoms with Gasteiger partial charge in [0.2, 0.25) is 0 Å². The van der Waals surface area contributed by atoms with Crippen LogP contribution in [-0.4, -0.2) is 29.9 Å². The molecule has 6 heteroatoms. The SMILES string of the molecule is Cn1cc(C(O)c2ccnn2C)nn1. The van der Waals surface area contributed by atoms with Crippen LogP contribution in [0.15, 0.2) is 18.5 Å². The third-order valence-corrected chi connectivity index (χ3v) is 2.04. The van der Waals surface area contributed by atoms with Crippen LogP contribution in [0.5, 0.6) is 0 Å². The fraction of sp³-hybridized carbons (Fsp3) is 0.375. The van der Waals surface area contributed by atoms with Gasteiger partial charge in [0.1, 0.15) is 11.8 Å². The number of aliphatic hydroxyl groups excluding tert-OH is 1. The Morgan fingerprint density at radius 1 is 1.43 bits per heavy atom. The molecular formula is C8H11N5O. The van der Waals surface area contributed by atoms with Crippen molar-refractivity contribution in [2.45, 2.75) is 6.10 Å². The summed E-state index contributed by atoms with van der Waals surface area (Å²) in [6.07, 6.45) is 2.54. The Morgan fingerprint density at radius 2 is 2.21 bits per heavy atom. The largest absolute Gasteiger partial charge is 0.380 e. The van der Waals surface area contributed by atoms with Crippen LogP contribution in [0.3, 0.4) is 0 Å². The molecule has 0 saturated heterocycles. The van der Waals surface area contributed by atoms with E-state index in [9.17, 15) is 5.11 Å². The Hall–Kier alpha value is -1.69. The summed E-state index contributed by atoms with van der Waals surface area (Å²) in [5, 5.41) is 21.5. The maximum atomic E-state index is 9.90. The van der Waals surface area contributed by atoms with Crippen LogP contribution in [0.2, 0.25) is 0 Å². The van der Waals surface area contributed by atoms with Gasteiger partial charge in [-0.3, -0.25) is 9.36 Å². The highest BCUT2D eigenvalue weighted by atomic mass is 16.3. The minimum atomic E-state index is -0.767. The minimum absolute atomic E-state index is 0.524. The molecule has 1 N–H and O–H groups in total. The predicted octanol–water partition coefficient (Wildman–Crippen LogP) is -0.370. The summed E-state index contributed by atoms with van der Waals surface area (Å²) in [6, 6.07) is 1.75. The first kappa shape index (κ1) is 8.89. The molecular weight excluding hydrogens is 182 g/mol. The lowest BCUT2D eigenvalue weighted by Crippen LogP contribution is -2.06. The molecule has 0 fully saturated rings. The van der Waals surface area contributed by atoms with Crippen LogP contribution >= 0.6 is 0 Å². The highest BCUT2D eigenvalue weighted by molar-refractivity contribution is 5.15. The van der Waals surface area contributed by atoms with E-state index in [1.807, 2.05) is 0 Å². The molecule has 0 aliphatic heterocycles. The van der Waals surface area contributed by atoms with Crippen molar-refractivity contribution in [3.63, 3.8) is 0 Å². The van der Waals surface area contributed by atoms with Crippen molar-refractivity contribution in [1.29, 1.82) is 0 Å². The zero-order valence-electron chi connectivity index (χ0n) is 7.99. The van der Waals surface area contributed by atoms with E-state index in [1.54, 1.807) is 41.9 Å². The number of aliphatic hydroxyl groups is 1. The standard InChI is InChI=1S/C8H11N5O/c1-12-5-6(10-11-12)8(14)7-3-4-9-13(7)2/h3-5,8,14H,1-2H3. The Labute approximate surface area is 80.8 Å². The van der Waals surface area contributed by atoms with Crippen molar-refractivity contribution in [3.8, 4) is 0 Å². The monoisotopic (exact) mass is 193 g/mol. The summed E-state index contributed by atoms with van der Waals surface area (Å²) in [4.78, 5) is 0. The Kier molecular flexibility index (Phi) is 2.05. The van der Waals surface area contributed by atoms with Crippen LogP contribution in [0.25, 0.3) is 0 Å². The van der Waals surface area contributed by atoms with Crippen molar-refractivity contribution >= 4 is 0 Å². The fourth-order valence-electron chi connectivity index (χ4n) is 1.29. The quantitative estimate of drug-likeness (QED) is 0.706. The van der Waals surface area contributed by atoms with E-state index >= 15 is 0 Å². The van der Waals surface area contributed by atoms with E-state index in [0.29, 0.717) is 11.4 Å². The van der Waals surface area contributed by atoms with Gasteiger partial charge in [0.05, 0.1) is 11.9 Å². The normalized spacial score (nSPS) is 13.1. The molecule has 0 saturated carbocycles. The number of hydrogen-bond acceptors (Lipinski definition) is 4. The zero-order chi connectivity index (χ0) is 10.1. The third-order valence-electron chi connectivity index (χ3n) is 2.04. The molecule has 0 aromatic carbocycles. The zero-order valence-corrected chi connectivity index (χ0v) is 7.99. The molecule has 2 heterocycles. The van der Waals surface area contributed by atoms with E-state index in [1.165, 1.54) is 0 Å². The van der Waals surface area contributed by atoms with Gasteiger partial charge in [0, 0.05) is 20.3 Å². The van der Waals surface area contributed by atoms with Gasteiger partial charge in [-0.25, -0.2) is 0 Å². The topological polar surface area (TPSA) is 68.8 Å². The summed E-state index contributed by atoms with van der Waals surface area (Å²) in [5.74, 6) is 0. The van der Waals surface area contributed by atoms with Crippen LogP contribution in [0, 0.1) is 0 Å². The Morgan fingerprint density at radius 3 is 2.71 bits per heavy atom. The number of aromatic nitrogens is 5. The molecule has 2 aromatic heterocycles. The van der Waals surface area contributed by atoms with E-state index in [-0.39, 0.29) is 0 Å². The number of aryl methyl sites for hydroxylation is 2. The van der Waals surface area contributed by atoms with E-state index in [2.05, 4.69) is 15.4 Å². The van der Waals surface area contributed by atoms with Crippen LogP contribution in [0.1, 0.15) is 17.5 Å². The first-order valence-electron chi connectivity index (χ1n) is 4.20. The van der Waals surface area contributed by atoms with Crippen molar-refractivity contribution < 1.29 is 5.11 Å². The minimum Gasteiger partial charge on any atom is -0.380 e. The smallest absolute Gasteiger partial charge is 0.141 e. The van der Waals surface area contributed by atoms with Crippen LogP contribution in [0.4, 0.5) is 0 Å². The maximum absolute atomic E-state index is 9.90. The first-order valence-corrected chi connectivity index (χ1v) is 4.20. The molecule has 0 radical (unpaired) electrons. The van der Waals surface area contributed by atoms with E-state index in [4.69, 9.17) is 0 Å². The Bertz CT molecular complexity index is 432. The van der Waals surface area contributed by atoms with Gasteiger partial charge in [-0.15, -0.1) is 5.10 Å². The highest BCUT2D eigenvalue weighted by Crippen LogP contribution is 2.17. The van der Waals surface area contributed by atoms with E-state index < -0.39 is 6.10 Å². The van der Waals surface area contributed by atoms with Crippen molar-refractivity contribution in [2.24, 2.45) is 14.1 Å². The molecule has 0 spiro atoms. The third kappa shape index (κ3) is 1.39. The van der Waals surface area contributed by atoms with Gasteiger partial charge in [-0.2, -0.15) is 5.10 Å². The summed E-state index contributed by atoms with van der Waals surface area (Å²) >= 11 is 0. The molecule has 2 aromatic rings. The maximum Gasteiger partial charge on any atom is 0.141 e. The fourth-order valence-corrected chi connectivity index (χ4v) is 1.29. The second-order valence-electron chi connectivity index (χ2n) is 3.10. The second kappa shape index (κ2) is 3.22. The van der Waals surface area contributed by atoms with Gasteiger partial charge in [0.15, 0.2) is 0 Å². The van der Waals surface area contributed by atoms with Gasteiger partial charge in [0.25, 0.3) is 0 Å². The number of hydrogen-bond donors (Lipinski definition) is 1. The van der Waals surface area contributed by atoms with E-state index in [0.717, 1.165) is 0 Å². The summed E-state index contributed by atoms with van der Waals surface area (Å²) in [7, 11) is 3.53. The molecule has 0 aliphatic rings. The summed E-state index contributed by atoms with van der Waals surface area (Å²) in [5.41, 5.74) is 1.22. The van der Waals surface area contributed by atoms with Crippen LogP contribution < -0.4 is 0 Å². The summed E-state index contributed by atoms with van der Waals surface area (Å²) < 4.78 is 3.16. The molecule has 1 atom stereocenters. The summed E-state index contributed by atoms with van der Waals surface area (Å²) in [6.45, 7) is 0. The van der Waals surface area contributed by atoms with Crippen molar-refractivity contribution in [2.75, 3.05) is 0 Å². The number of rotatable bonds is 2. The predicted molar refractivity (Wildman–Crippen MR) is 48.3 cm³/mol. The molecule has 1 unspecified atom stereocenters. The lowest BCUT2D eigenvalue weighted by molar-refractivity contribution is 0.204. The molecule has 0 bridgehead atoms. The average Bonchev–Trinajstić information content (AvgIpc) is 2.73. The lowest BCUT2D eigenvalue weighted by Gasteiger charge is -2.06. The van der Waals surface area contributed by atoms with Crippen molar-refractivity contribution in [3.05, 3.63) is 29.8 Å². The number of nitrogens with zero attached hydrogens (tertiary/aromatic N) is 5. The molecule has 14 heavy (non-hydrogen) atoms. The second-order valence-corrected chi connectivity index (χ2v) is 3.10. The molecule has 0 aliphatic carbocycles. The van der Waals surface area contributed by atoms with Gasteiger partial charge in [-0.05, 0) is 6.07 Å².